The second kappa shape index (κ2) is 6.92. The van der Waals surface area contributed by atoms with Crippen molar-refractivity contribution < 1.29 is 9.84 Å². The quantitative estimate of drug-likeness (QED) is 0.600. The molecule has 0 radical (unpaired) electrons. The lowest BCUT2D eigenvalue weighted by Gasteiger charge is -2.27. The van der Waals surface area contributed by atoms with Gasteiger partial charge < -0.3 is 15.2 Å². The first kappa shape index (κ1) is 16.3. The van der Waals surface area contributed by atoms with Crippen LogP contribution in [0.5, 0.6) is 11.5 Å². The Hall–Kier alpha value is -0.540. The highest BCUT2D eigenvalue weighted by molar-refractivity contribution is 14.1. The van der Waals surface area contributed by atoms with Crippen LogP contribution >= 0.6 is 45.2 Å². The van der Waals surface area contributed by atoms with Gasteiger partial charge in [0.15, 0.2) is 0 Å². The molecule has 0 amide bonds. The Bertz CT molecular complexity index is 680. The predicted molar refractivity (Wildman–Crippen MR) is 105 cm³/mol. The maximum Gasteiger partial charge on any atom is 0.145 e. The fraction of sp³-hybridized carbons (Fsp3) is 0.294. The van der Waals surface area contributed by atoms with Crippen LogP contribution in [-0.4, -0.2) is 18.8 Å². The fourth-order valence-electron chi connectivity index (χ4n) is 2.98. The molecule has 1 atom stereocenters. The highest BCUT2D eigenvalue weighted by Gasteiger charge is 2.21. The van der Waals surface area contributed by atoms with Gasteiger partial charge in [-0.25, -0.2) is 0 Å². The van der Waals surface area contributed by atoms with Crippen LogP contribution in [0.25, 0.3) is 0 Å². The van der Waals surface area contributed by atoms with Crippen molar-refractivity contribution in [1.82, 2.24) is 5.32 Å². The van der Waals surface area contributed by atoms with E-state index in [-0.39, 0.29) is 0 Å². The van der Waals surface area contributed by atoms with Crippen LogP contribution in [0.2, 0.25) is 0 Å². The average Bonchev–Trinajstić information content (AvgIpc) is 2.47. The molecule has 2 aromatic carbocycles. The van der Waals surface area contributed by atoms with Gasteiger partial charge >= 0.3 is 0 Å². The molecule has 0 bridgehead atoms. The molecule has 1 heterocycles. The summed E-state index contributed by atoms with van der Waals surface area (Å²) in [4.78, 5) is 0. The third kappa shape index (κ3) is 3.35. The maximum absolute atomic E-state index is 9.66. The second-order valence-electron chi connectivity index (χ2n) is 5.44. The van der Waals surface area contributed by atoms with E-state index in [0.717, 1.165) is 32.3 Å². The van der Waals surface area contributed by atoms with Crippen molar-refractivity contribution >= 4 is 45.2 Å². The Morgan fingerprint density at radius 3 is 2.64 bits per heavy atom. The molecule has 0 saturated carbocycles. The smallest absolute Gasteiger partial charge is 0.145 e. The molecule has 0 aromatic heterocycles. The average molecular weight is 521 g/mol. The lowest BCUT2D eigenvalue weighted by Crippen LogP contribution is -2.31. The summed E-state index contributed by atoms with van der Waals surface area (Å²) in [6, 6.07) is 10.4. The van der Waals surface area contributed by atoms with E-state index in [1.165, 1.54) is 16.7 Å². The minimum absolute atomic E-state index is 0.296. The fourth-order valence-corrected chi connectivity index (χ4v) is 5.32. The first-order valence-electron chi connectivity index (χ1n) is 7.15. The van der Waals surface area contributed by atoms with E-state index in [4.69, 9.17) is 4.74 Å². The van der Waals surface area contributed by atoms with E-state index in [2.05, 4.69) is 62.6 Å². The zero-order chi connectivity index (χ0) is 15.7. The number of nitrogens with one attached hydrogen (secondary N) is 1. The zero-order valence-electron chi connectivity index (χ0n) is 12.2. The summed E-state index contributed by atoms with van der Waals surface area (Å²) in [5.41, 5.74) is 3.85. The number of halogens is 2. The molecular formula is C17H17I2NO2. The van der Waals surface area contributed by atoms with Crippen molar-refractivity contribution in [3.63, 3.8) is 0 Å². The summed E-state index contributed by atoms with van der Waals surface area (Å²) >= 11 is 4.65. The first-order valence-corrected chi connectivity index (χ1v) is 9.31. The summed E-state index contributed by atoms with van der Waals surface area (Å²) in [5.74, 6) is 1.31. The van der Waals surface area contributed by atoms with Gasteiger partial charge in [0.05, 0.1) is 14.3 Å². The number of benzene rings is 2. The van der Waals surface area contributed by atoms with Crippen LogP contribution in [0.15, 0.2) is 30.3 Å². The van der Waals surface area contributed by atoms with Gasteiger partial charge in [-0.2, -0.15) is 0 Å². The Morgan fingerprint density at radius 2 is 1.95 bits per heavy atom. The number of phenolic OH excluding ortho intramolecular Hbond substituents is 1. The summed E-state index contributed by atoms with van der Waals surface area (Å²) in [6.45, 7) is 0.950. The molecule has 1 aliphatic heterocycles. The summed E-state index contributed by atoms with van der Waals surface area (Å²) < 4.78 is 7.72. The number of ether oxygens (including phenoxy) is 1. The minimum atomic E-state index is 0.296. The molecule has 1 aliphatic rings. The molecule has 0 fully saturated rings. The zero-order valence-corrected chi connectivity index (χ0v) is 16.5. The minimum Gasteiger partial charge on any atom is -0.508 e. The molecule has 3 rings (SSSR count). The van der Waals surface area contributed by atoms with Gasteiger partial charge in [0.25, 0.3) is 0 Å². The summed E-state index contributed by atoms with van der Waals surface area (Å²) in [7, 11) is 1.71. The monoisotopic (exact) mass is 521 g/mol. The van der Waals surface area contributed by atoms with Crippen LogP contribution < -0.4 is 10.1 Å². The SMILES string of the molecule is COc1c(I)cc(CC2NCCc3cc(O)ccc32)cc1I. The van der Waals surface area contributed by atoms with Crippen LogP contribution in [-0.2, 0) is 12.8 Å². The van der Waals surface area contributed by atoms with Gasteiger partial charge in [-0.1, -0.05) is 6.07 Å². The van der Waals surface area contributed by atoms with E-state index < -0.39 is 0 Å². The topological polar surface area (TPSA) is 41.5 Å². The van der Waals surface area contributed by atoms with Crippen LogP contribution in [0.1, 0.15) is 22.7 Å². The number of rotatable bonds is 3. The van der Waals surface area contributed by atoms with E-state index >= 15 is 0 Å². The van der Waals surface area contributed by atoms with Crippen LogP contribution in [0.3, 0.4) is 0 Å². The highest BCUT2D eigenvalue weighted by atomic mass is 127. The van der Waals surface area contributed by atoms with Crippen molar-refractivity contribution in [3.05, 3.63) is 54.2 Å². The van der Waals surface area contributed by atoms with E-state index in [9.17, 15) is 5.11 Å². The van der Waals surface area contributed by atoms with Crippen molar-refractivity contribution in [1.29, 1.82) is 0 Å². The normalized spacial score (nSPS) is 17.1. The Morgan fingerprint density at radius 1 is 1.23 bits per heavy atom. The van der Waals surface area contributed by atoms with Crippen molar-refractivity contribution in [2.24, 2.45) is 0 Å². The van der Waals surface area contributed by atoms with Gasteiger partial charge in [0.1, 0.15) is 11.5 Å². The van der Waals surface area contributed by atoms with E-state index in [1.807, 2.05) is 12.1 Å². The number of hydrogen-bond donors (Lipinski definition) is 2. The number of hydrogen-bond acceptors (Lipinski definition) is 3. The third-order valence-corrected chi connectivity index (χ3v) is 5.59. The largest absolute Gasteiger partial charge is 0.508 e. The van der Waals surface area contributed by atoms with Gasteiger partial charge in [0, 0.05) is 6.04 Å². The molecule has 22 heavy (non-hydrogen) atoms. The molecule has 0 aliphatic carbocycles. The van der Waals surface area contributed by atoms with Crippen molar-refractivity contribution in [2.75, 3.05) is 13.7 Å². The molecule has 116 valence electrons. The number of aromatic hydroxyl groups is 1. The number of methoxy groups -OCH3 is 1. The van der Waals surface area contributed by atoms with Crippen molar-refractivity contribution in [2.45, 2.75) is 18.9 Å². The first-order chi connectivity index (χ1) is 10.6. The molecule has 1 unspecified atom stereocenters. The van der Waals surface area contributed by atoms with Gasteiger partial charge in [0.2, 0.25) is 0 Å². The van der Waals surface area contributed by atoms with Crippen LogP contribution in [0, 0.1) is 7.14 Å². The Balaban J connectivity index is 1.89. The summed E-state index contributed by atoms with van der Waals surface area (Å²) in [5, 5.41) is 13.3. The number of phenols is 1. The molecule has 0 saturated heterocycles. The lowest BCUT2D eigenvalue weighted by atomic mass is 9.90. The third-order valence-electron chi connectivity index (χ3n) is 3.99. The van der Waals surface area contributed by atoms with Crippen LogP contribution in [0.4, 0.5) is 0 Å². The molecule has 5 heteroatoms. The van der Waals surface area contributed by atoms with Gasteiger partial charge in [-0.15, -0.1) is 0 Å². The van der Waals surface area contributed by atoms with Crippen molar-refractivity contribution in [3.8, 4) is 11.5 Å². The summed E-state index contributed by atoms with van der Waals surface area (Å²) in [6.07, 6.45) is 1.91. The molecular weight excluding hydrogens is 504 g/mol. The Kier molecular flexibility index (Phi) is 5.13. The lowest BCUT2D eigenvalue weighted by molar-refractivity contribution is 0.408. The molecule has 2 N–H and O–H groups in total. The predicted octanol–water partition coefficient (Wildman–Crippen LogP) is 4.04. The molecule has 3 nitrogen and oxygen atoms in total. The molecule has 0 spiro atoms. The molecule has 2 aromatic rings. The highest BCUT2D eigenvalue weighted by Crippen LogP contribution is 2.32. The second-order valence-corrected chi connectivity index (χ2v) is 7.76. The standard InChI is InChI=1S/C17H17I2NO2/c1-22-17-14(18)6-10(7-15(17)19)8-16-13-3-2-12(21)9-11(13)4-5-20-16/h2-3,6-7,9,16,20-21H,4-5,8H2,1H3. The van der Waals surface area contributed by atoms with Gasteiger partial charge in [-0.3, -0.25) is 0 Å². The van der Waals surface area contributed by atoms with E-state index in [1.54, 1.807) is 13.2 Å². The maximum atomic E-state index is 9.66. The number of fused-ring (bicyclic) bond motifs is 1. The Labute approximate surface area is 157 Å². The van der Waals surface area contributed by atoms with E-state index in [0.29, 0.717) is 11.8 Å². The van der Waals surface area contributed by atoms with Gasteiger partial charge in [-0.05, 0) is 106 Å².